The number of rotatable bonds is 12. The second kappa shape index (κ2) is 14.2. The summed E-state index contributed by atoms with van der Waals surface area (Å²) in [4.78, 5) is 29.1. The molecule has 41 heavy (non-hydrogen) atoms. The summed E-state index contributed by atoms with van der Waals surface area (Å²) in [5.74, 6) is -0.895. The van der Waals surface area contributed by atoms with Crippen molar-refractivity contribution in [3.05, 3.63) is 99.0 Å². The molecule has 3 aromatic rings. The number of halogens is 2. The minimum absolute atomic E-state index is 0.00695. The Morgan fingerprint density at radius 1 is 0.902 bits per heavy atom. The summed E-state index contributed by atoms with van der Waals surface area (Å²) >= 11 is 12.4. The summed E-state index contributed by atoms with van der Waals surface area (Å²) in [6, 6.07) is 18.8. The SMILES string of the molecule is CCNC(=O)[C@@H](Cc1ccccc1)N(Cc1ccc(Cl)c(Cl)c1)C(=O)CN(c1cc(C)ccc1C)S(=O)(=O)N(C)C. The number of aryl methyl sites for hydroxylation is 2. The van der Waals surface area contributed by atoms with Crippen LogP contribution in [0.3, 0.4) is 0 Å². The molecule has 0 aromatic heterocycles. The van der Waals surface area contributed by atoms with E-state index in [1.807, 2.05) is 49.4 Å². The third-order valence-electron chi connectivity index (χ3n) is 6.61. The van der Waals surface area contributed by atoms with Gasteiger partial charge in [0.1, 0.15) is 12.6 Å². The van der Waals surface area contributed by atoms with Gasteiger partial charge in [0.05, 0.1) is 15.7 Å². The summed E-state index contributed by atoms with van der Waals surface area (Å²) in [5, 5.41) is 3.50. The predicted octanol–water partition coefficient (Wildman–Crippen LogP) is 5.00. The number of amides is 2. The summed E-state index contributed by atoms with van der Waals surface area (Å²) in [5.41, 5.74) is 3.41. The molecule has 1 atom stereocenters. The summed E-state index contributed by atoms with van der Waals surface area (Å²) in [7, 11) is -1.25. The Morgan fingerprint density at radius 2 is 1.59 bits per heavy atom. The molecule has 0 aliphatic carbocycles. The molecule has 0 aliphatic heterocycles. The molecule has 0 saturated carbocycles. The molecule has 0 unspecified atom stereocenters. The van der Waals surface area contributed by atoms with Crippen LogP contribution in [-0.2, 0) is 32.8 Å². The first kappa shape index (κ1) is 32.4. The monoisotopic (exact) mass is 618 g/mol. The number of hydrogen-bond donors (Lipinski definition) is 1. The van der Waals surface area contributed by atoms with Gasteiger partial charge in [0, 0.05) is 33.6 Å². The number of hydrogen-bond acceptors (Lipinski definition) is 4. The fourth-order valence-corrected chi connectivity index (χ4v) is 5.80. The van der Waals surface area contributed by atoms with Crippen molar-refractivity contribution in [3.8, 4) is 0 Å². The van der Waals surface area contributed by atoms with E-state index in [2.05, 4.69) is 5.32 Å². The van der Waals surface area contributed by atoms with Gasteiger partial charge in [-0.15, -0.1) is 0 Å². The number of carbonyl (C=O) groups excluding carboxylic acids is 2. The number of likely N-dealkylation sites (N-methyl/N-ethyl adjacent to an activating group) is 1. The summed E-state index contributed by atoms with van der Waals surface area (Å²) < 4.78 is 29.3. The molecule has 11 heteroatoms. The van der Waals surface area contributed by atoms with Gasteiger partial charge in [0.25, 0.3) is 0 Å². The number of nitrogens with zero attached hydrogens (tertiary/aromatic N) is 3. The lowest BCUT2D eigenvalue weighted by molar-refractivity contribution is -0.140. The van der Waals surface area contributed by atoms with E-state index in [-0.39, 0.29) is 18.9 Å². The van der Waals surface area contributed by atoms with Gasteiger partial charge in [-0.25, -0.2) is 4.31 Å². The third-order valence-corrected chi connectivity index (χ3v) is 9.16. The van der Waals surface area contributed by atoms with Crippen LogP contribution in [0.25, 0.3) is 0 Å². The van der Waals surface area contributed by atoms with Gasteiger partial charge >= 0.3 is 10.2 Å². The van der Waals surface area contributed by atoms with Crippen molar-refractivity contribution >= 4 is 50.9 Å². The third kappa shape index (κ3) is 8.23. The molecule has 1 N–H and O–H groups in total. The quantitative estimate of drug-likeness (QED) is 0.309. The molecule has 0 aliphatic rings. The highest BCUT2D eigenvalue weighted by molar-refractivity contribution is 7.90. The Kier molecular flexibility index (Phi) is 11.2. The first-order valence-electron chi connectivity index (χ1n) is 13.2. The van der Waals surface area contributed by atoms with Crippen molar-refractivity contribution in [3.63, 3.8) is 0 Å². The Labute approximate surface area is 253 Å². The van der Waals surface area contributed by atoms with E-state index in [0.717, 1.165) is 19.7 Å². The van der Waals surface area contributed by atoms with E-state index in [1.54, 1.807) is 38.1 Å². The molecule has 8 nitrogen and oxygen atoms in total. The highest BCUT2D eigenvalue weighted by atomic mass is 35.5. The maximum atomic E-state index is 14.3. The van der Waals surface area contributed by atoms with Crippen LogP contribution in [0.1, 0.15) is 29.2 Å². The van der Waals surface area contributed by atoms with Crippen LogP contribution < -0.4 is 9.62 Å². The fourth-order valence-electron chi connectivity index (χ4n) is 4.37. The number of nitrogens with one attached hydrogen (secondary N) is 1. The Bertz CT molecular complexity index is 1480. The predicted molar refractivity (Wildman–Crippen MR) is 165 cm³/mol. The average molecular weight is 620 g/mol. The molecule has 0 fully saturated rings. The summed E-state index contributed by atoms with van der Waals surface area (Å²) in [6.45, 7) is 5.30. The summed E-state index contributed by atoms with van der Waals surface area (Å²) in [6.07, 6.45) is 0.226. The minimum atomic E-state index is -4.08. The lowest BCUT2D eigenvalue weighted by atomic mass is 10.0. The van der Waals surface area contributed by atoms with Gasteiger partial charge in [-0.05, 0) is 61.2 Å². The van der Waals surface area contributed by atoms with E-state index in [4.69, 9.17) is 23.2 Å². The van der Waals surface area contributed by atoms with Crippen molar-refractivity contribution in [1.82, 2.24) is 14.5 Å². The van der Waals surface area contributed by atoms with Crippen molar-refractivity contribution in [1.29, 1.82) is 0 Å². The van der Waals surface area contributed by atoms with E-state index < -0.39 is 28.7 Å². The van der Waals surface area contributed by atoms with Crippen molar-refractivity contribution < 1.29 is 18.0 Å². The standard InChI is InChI=1S/C30H36Cl2N4O4S/c1-6-33-30(38)28(18-23-10-8-7-9-11-23)35(19-24-14-15-25(31)26(32)17-24)29(37)20-36(41(39,40)34(4)5)27-16-21(2)12-13-22(27)3/h7-17,28H,6,18-20H2,1-5H3,(H,33,38)/t28-/m1/s1. The lowest BCUT2D eigenvalue weighted by Gasteiger charge is -2.35. The second-order valence-corrected chi connectivity index (χ2v) is 12.8. The van der Waals surface area contributed by atoms with Crippen LogP contribution in [0.2, 0.25) is 10.0 Å². The second-order valence-electron chi connectivity index (χ2n) is 9.96. The zero-order chi connectivity index (χ0) is 30.3. The van der Waals surface area contributed by atoms with E-state index in [1.165, 1.54) is 19.0 Å². The number of carbonyl (C=O) groups is 2. The number of anilines is 1. The Morgan fingerprint density at radius 3 is 2.20 bits per heavy atom. The Hall–Kier alpha value is -3.11. The van der Waals surface area contributed by atoms with Crippen LogP contribution in [-0.4, -0.2) is 62.7 Å². The van der Waals surface area contributed by atoms with Crippen molar-refractivity contribution in [2.75, 3.05) is 31.5 Å². The van der Waals surface area contributed by atoms with Gasteiger partial charge < -0.3 is 10.2 Å². The molecule has 3 rings (SSSR count). The molecule has 0 spiro atoms. The maximum Gasteiger partial charge on any atom is 0.304 e. The lowest BCUT2D eigenvalue weighted by Crippen LogP contribution is -2.54. The van der Waals surface area contributed by atoms with Crippen LogP contribution in [0, 0.1) is 13.8 Å². The zero-order valence-electron chi connectivity index (χ0n) is 23.9. The molecular weight excluding hydrogens is 583 g/mol. The Balaban J connectivity index is 2.13. The maximum absolute atomic E-state index is 14.3. The minimum Gasteiger partial charge on any atom is -0.355 e. The average Bonchev–Trinajstić information content (AvgIpc) is 2.93. The normalized spacial score (nSPS) is 12.2. The zero-order valence-corrected chi connectivity index (χ0v) is 26.2. The van der Waals surface area contributed by atoms with E-state index in [9.17, 15) is 18.0 Å². The molecular formula is C30H36Cl2N4O4S. The van der Waals surface area contributed by atoms with Crippen LogP contribution in [0.4, 0.5) is 5.69 Å². The number of benzene rings is 3. The first-order chi connectivity index (χ1) is 19.3. The molecule has 0 saturated heterocycles. The van der Waals surface area contributed by atoms with Gasteiger partial charge in [0.2, 0.25) is 11.8 Å². The van der Waals surface area contributed by atoms with E-state index in [0.29, 0.717) is 33.4 Å². The topological polar surface area (TPSA) is 90.0 Å². The first-order valence-corrected chi connectivity index (χ1v) is 15.3. The fraction of sp³-hybridized carbons (Fsp3) is 0.333. The highest BCUT2D eigenvalue weighted by Crippen LogP contribution is 2.27. The van der Waals surface area contributed by atoms with Crippen molar-refractivity contribution in [2.24, 2.45) is 0 Å². The van der Waals surface area contributed by atoms with Gasteiger partial charge in [-0.1, -0.05) is 71.7 Å². The van der Waals surface area contributed by atoms with E-state index >= 15 is 0 Å². The van der Waals surface area contributed by atoms with Crippen LogP contribution in [0.5, 0.6) is 0 Å². The molecule has 0 bridgehead atoms. The highest BCUT2D eigenvalue weighted by Gasteiger charge is 2.35. The van der Waals surface area contributed by atoms with Gasteiger partial charge in [-0.3, -0.25) is 9.59 Å². The largest absolute Gasteiger partial charge is 0.355 e. The molecule has 2 amide bonds. The van der Waals surface area contributed by atoms with Gasteiger partial charge in [0.15, 0.2) is 0 Å². The van der Waals surface area contributed by atoms with Gasteiger partial charge in [-0.2, -0.15) is 12.7 Å². The molecule has 0 heterocycles. The molecule has 3 aromatic carbocycles. The van der Waals surface area contributed by atoms with Crippen LogP contribution in [0.15, 0.2) is 66.7 Å². The van der Waals surface area contributed by atoms with Crippen LogP contribution >= 0.6 is 23.2 Å². The molecule has 0 radical (unpaired) electrons. The van der Waals surface area contributed by atoms with Crippen molar-refractivity contribution in [2.45, 2.75) is 39.8 Å². The smallest absolute Gasteiger partial charge is 0.304 e. The molecule has 220 valence electrons.